The molecule has 0 aliphatic heterocycles. The second kappa shape index (κ2) is 48.3. The molecule has 652 valence electrons. The zero-order valence-corrected chi connectivity index (χ0v) is 67.1. The van der Waals surface area contributed by atoms with Crippen LogP contribution < -0.4 is 42.5 Å². The van der Waals surface area contributed by atoms with Crippen molar-refractivity contribution in [2.24, 2.45) is 0 Å². The third kappa shape index (κ3) is 29.3. The molecule has 120 heavy (non-hydrogen) atoms. The maximum atomic E-state index is 14.6. The Labute approximate surface area is 693 Å². The molecule has 38 heteroatoms. The number of carboxylic acid groups (broad SMARTS) is 8. The summed E-state index contributed by atoms with van der Waals surface area (Å²) in [7, 11) is 0. The predicted octanol–water partition coefficient (Wildman–Crippen LogP) is -1.04. The Morgan fingerprint density at radius 1 is 0.225 bits per heavy atom. The molecular formula is C82H110N14O24. The van der Waals surface area contributed by atoms with Gasteiger partial charge in [0.25, 0.3) is 0 Å². The first kappa shape index (κ1) is 95.3. The van der Waals surface area contributed by atoms with E-state index < -0.39 is 118 Å². The highest BCUT2D eigenvalue weighted by Gasteiger charge is 2.63. The van der Waals surface area contributed by atoms with Gasteiger partial charge in [-0.25, -0.2) is 0 Å². The van der Waals surface area contributed by atoms with E-state index in [4.69, 9.17) is 0 Å². The second-order valence-electron chi connectivity index (χ2n) is 29.6. The first-order valence-corrected chi connectivity index (χ1v) is 40.1. The topological polar surface area (TPSA) is 551 Å². The highest BCUT2D eigenvalue weighted by Crippen LogP contribution is 2.68. The van der Waals surface area contributed by atoms with Gasteiger partial charge in [-0.05, 0) is 44.5 Å². The summed E-state index contributed by atoms with van der Waals surface area (Å²) in [5.41, 5.74) is 4.38. The van der Waals surface area contributed by atoms with Crippen LogP contribution in [0.1, 0.15) is 133 Å². The maximum absolute atomic E-state index is 14.6. The fourth-order valence-corrected chi connectivity index (χ4v) is 15.8. The molecule has 4 aromatic carbocycles. The SMILES string of the molecule is O=C(O)CCN(CCNC(=O)CCN(CCNC(=O)C(=O)NCC12c3ccccc3C(c3ccccc31)C1(CNC(=O)C(=O)NCCN(CCC(=O)NCCN(CCC(=O)O)CCC(=O)O)CCC(=O)NCCN(CCC(=O)O)CCC(=O)O)c3ccccc3C2c2ccccc21)CCC(=O)NCCN(CCC(=O)O)CCC(=O)O)CCC(=O)O. The fourth-order valence-electron chi connectivity index (χ4n) is 15.8. The minimum Gasteiger partial charge on any atom is -0.481 e. The molecule has 0 fully saturated rings. The van der Waals surface area contributed by atoms with Crippen molar-refractivity contribution in [2.75, 3.05) is 170 Å². The van der Waals surface area contributed by atoms with Gasteiger partial charge >= 0.3 is 71.4 Å². The lowest BCUT2D eigenvalue weighted by molar-refractivity contribution is -0.139. The molecule has 0 saturated heterocycles. The van der Waals surface area contributed by atoms with E-state index >= 15 is 0 Å². The molecule has 4 bridgehead atoms. The average Bonchev–Trinajstić information content (AvgIpc) is 0.656. The van der Waals surface area contributed by atoms with Gasteiger partial charge in [-0.3, -0.25) is 76.7 Å². The lowest BCUT2D eigenvalue weighted by atomic mass is 9.42. The lowest BCUT2D eigenvalue weighted by Crippen LogP contribution is -2.60. The van der Waals surface area contributed by atoms with E-state index in [0.29, 0.717) is 0 Å². The monoisotopic (exact) mass is 1670 g/mol. The van der Waals surface area contributed by atoms with Gasteiger partial charge < -0.3 is 113 Å². The summed E-state index contributed by atoms with van der Waals surface area (Å²) in [4.78, 5) is 211. The summed E-state index contributed by atoms with van der Waals surface area (Å²) in [5.74, 6) is -15.5. The highest BCUT2D eigenvalue weighted by molar-refractivity contribution is 6.35. The summed E-state index contributed by atoms with van der Waals surface area (Å²) >= 11 is 0. The van der Waals surface area contributed by atoms with E-state index in [-0.39, 0.29) is 247 Å². The Balaban J connectivity index is 1.06. The summed E-state index contributed by atoms with van der Waals surface area (Å²) in [6.07, 6.45) is -2.49. The van der Waals surface area contributed by atoms with Gasteiger partial charge in [0, 0.05) is 219 Å². The van der Waals surface area contributed by atoms with Crippen LogP contribution in [0.25, 0.3) is 0 Å². The van der Waals surface area contributed by atoms with E-state index in [9.17, 15) is 118 Å². The average molecular weight is 1680 g/mol. The molecule has 6 aliphatic rings. The Hall–Kier alpha value is -11.8. The minimum atomic E-state index is -1.14. The third-order valence-electron chi connectivity index (χ3n) is 21.6. The molecule has 4 aromatic rings. The van der Waals surface area contributed by atoms with Gasteiger partial charge in [0.1, 0.15) is 0 Å². The molecule has 8 amide bonds. The number of carbonyl (C=O) groups excluding carboxylic acids is 8. The Morgan fingerprint density at radius 2 is 0.392 bits per heavy atom. The van der Waals surface area contributed by atoms with Crippen LogP contribution >= 0.6 is 0 Å². The van der Waals surface area contributed by atoms with Crippen LogP contribution in [0.4, 0.5) is 0 Å². The molecule has 0 radical (unpaired) electrons. The molecule has 0 heterocycles. The van der Waals surface area contributed by atoms with Gasteiger partial charge in [-0.1, -0.05) is 97.1 Å². The van der Waals surface area contributed by atoms with E-state index in [0.717, 1.165) is 44.5 Å². The molecule has 0 saturated carbocycles. The van der Waals surface area contributed by atoms with Gasteiger partial charge in [0.05, 0.1) is 51.4 Å². The molecular weight excluding hydrogens is 1560 g/mol. The molecule has 0 aromatic heterocycles. The summed E-state index contributed by atoms with van der Waals surface area (Å²) < 4.78 is 0. The van der Waals surface area contributed by atoms with Gasteiger partial charge in [-0.15, -0.1) is 0 Å². The number of hydrogen-bond acceptors (Lipinski definition) is 22. The molecule has 16 N–H and O–H groups in total. The van der Waals surface area contributed by atoms with E-state index in [1.807, 2.05) is 97.1 Å². The van der Waals surface area contributed by atoms with Crippen LogP contribution in [0.3, 0.4) is 0 Å². The van der Waals surface area contributed by atoms with Crippen LogP contribution in [0.2, 0.25) is 0 Å². The van der Waals surface area contributed by atoms with E-state index in [1.54, 1.807) is 29.4 Å². The van der Waals surface area contributed by atoms with Crippen molar-refractivity contribution in [3.63, 3.8) is 0 Å². The second-order valence-corrected chi connectivity index (χ2v) is 29.6. The molecule has 0 atom stereocenters. The quantitative estimate of drug-likeness (QED) is 0.0235. The van der Waals surface area contributed by atoms with Crippen LogP contribution in [-0.4, -0.2) is 335 Å². The normalized spacial score (nSPS) is 15.8. The van der Waals surface area contributed by atoms with Gasteiger partial charge in [0.15, 0.2) is 0 Å². The molecule has 6 aliphatic carbocycles. The van der Waals surface area contributed by atoms with Crippen molar-refractivity contribution in [3.8, 4) is 0 Å². The smallest absolute Gasteiger partial charge is 0.309 e. The van der Waals surface area contributed by atoms with Gasteiger partial charge in [0.2, 0.25) is 23.6 Å². The maximum Gasteiger partial charge on any atom is 0.309 e. The van der Waals surface area contributed by atoms with Crippen molar-refractivity contribution in [1.29, 1.82) is 0 Å². The number of carbonyl (C=O) groups is 16. The third-order valence-corrected chi connectivity index (χ3v) is 21.6. The van der Waals surface area contributed by atoms with Crippen LogP contribution in [0.5, 0.6) is 0 Å². The van der Waals surface area contributed by atoms with Crippen LogP contribution in [0, 0.1) is 0 Å². The fraction of sp³-hybridized carbons (Fsp3) is 0.512. The van der Waals surface area contributed by atoms with Gasteiger partial charge in [-0.2, -0.15) is 0 Å². The van der Waals surface area contributed by atoms with E-state index in [1.165, 1.54) is 0 Å². The summed E-state index contributed by atoms with van der Waals surface area (Å²) in [6, 6.07) is 31.1. The van der Waals surface area contributed by atoms with Crippen molar-refractivity contribution in [3.05, 3.63) is 142 Å². The number of carboxylic acids is 8. The number of aliphatic carboxylic acids is 8. The first-order valence-electron chi connectivity index (χ1n) is 40.1. The zero-order valence-electron chi connectivity index (χ0n) is 67.1. The Kier molecular flexibility index (Phi) is 38.3. The number of nitrogens with one attached hydrogen (secondary N) is 8. The largest absolute Gasteiger partial charge is 0.481 e. The van der Waals surface area contributed by atoms with Crippen molar-refractivity contribution in [1.82, 2.24) is 71.9 Å². The molecule has 0 spiro atoms. The molecule has 0 unspecified atom stereocenters. The highest BCUT2D eigenvalue weighted by atomic mass is 16.4. The minimum absolute atomic E-state index is 0.0335. The number of amides is 8. The number of nitrogens with zero attached hydrogens (tertiary/aromatic N) is 6. The number of benzene rings is 4. The number of hydrogen-bond donors (Lipinski definition) is 16. The van der Waals surface area contributed by atoms with Crippen molar-refractivity contribution < 1.29 is 118 Å². The molecule has 10 rings (SSSR count). The Bertz CT molecular complexity index is 3720. The summed E-state index contributed by atoms with van der Waals surface area (Å²) in [6.45, 7) is 0.910. The van der Waals surface area contributed by atoms with Crippen LogP contribution in [-0.2, 0) is 87.5 Å². The lowest BCUT2D eigenvalue weighted by Gasteiger charge is -2.60. The van der Waals surface area contributed by atoms with E-state index in [2.05, 4.69) is 42.5 Å². The standard InChI is InChI=1S/C82H110N14O24/c97-63(83-29-47-93(39-21-67(101)102)40-22-68(103)104)17-35-91(36-18-64(98)84-30-48-94(41-23-69(105)106)42-24-70(107)108)51-33-87-77(117)79(119)89-53-81-59-13-5-1-9-55(59)75(56-10-2-6-14-60(56)81)82(61-15-7-3-11-57(61)76(81)58-12-4-8-16-62(58)82)54-90-80(120)78(118)88-34-52-92(37-19-65(99)85-31-49-95(43-25-71(109)110)44-26-72(111)112)38-20-66(100)86-32-50-96(45-27-73(113)114)46-28-74(115)116/h1-16,75-76H,17-54H2,(H,83,97)(H,84,98)(H,85,99)(H,86,100)(H,87,117)(H,88,118)(H,89,119)(H,90,120)(H,101,102)(H,103,104)(H,105,106)(H,107,108)(H,109,110)(H,111,112)(H,113,114)(H,115,116). The first-order chi connectivity index (χ1) is 57.4. The Morgan fingerprint density at radius 3 is 0.583 bits per heavy atom. The molecule has 38 nitrogen and oxygen atoms in total. The summed E-state index contributed by atoms with van der Waals surface area (Å²) in [5, 5.41) is 96.5. The van der Waals surface area contributed by atoms with Crippen LogP contribution in [0.15, 0.2) is 97.1 Å². The van der Waals surface area contributed by atoms with Crippen molar-refractivity contribution >= 4 is 95.0 Å². The van der Waals surface area contributed by atoms with Crippen molar-refractivity contribution in [2.45, 2.75) is 99.7 Å². The zero-order chi connectivity index (χ0) is 87.3. The number of rotatable bonds is 58. The predicted molar refractivity (Wildman–Crippen MR) is 430 cm³/mol.